The van der Waals surface area contributed by atoms with Crippen LogP contribution in [0.4, 0.5) is 0 Å². The molecular formula is C27H58N4O6. The minimum Gasteiger partial charge on any atom is -0.378 e. The topological polar surface area (TPSA) is 91.1 Å². The summed E-state index contributed by atoms with van der Waals surface area (Å²) < 4.78 is 37.3. The molecule has 0 spiro atoms. The summed E-state index contributed by atoms with van der Waals surface area (Å²) in [6, 6.07) is 0. The van der Waals surface area contributed by atoms with Gasteiger partial charge in [0.15, 0.2) is 0 Å². The van der Waals surface area contributed by atoms with Crippen molar-refractivity contribution in [2.45, 2.75) is 125 Å². The second-order valence-corrected chi connectivity index (χ2v) is 11.8. The molecule has 1 atom stereocenters. The number of hydrazine groups is 2. The van der Waals surface area contributed by atoms with Crippen LogP contribution < -0.4 is 5.73 Å². The summed E-state index contributed by atoms with van der Waals surface area (Å²) in [6.07, 6.45) is 0.114. The first kappa shape index (κ1) is 34.6. The number of hydrogen-bond acceptors (Lipinski definition) is 10. The van der Waals surface area contributed by atoms with Crippen LogP contribution in [0.2, 0.25) is 0 Å². The van der Waals surface area contributed by atoms with Crippen molar-refractivity contribution in [3.63, 3.8) is 0 Å². The second kappa shape index (κ2) is 16.0. The maximum atomic E-state index is 7.50. The smallest absolute Gasteiger partial charge is 0.128 e. The van der Waals surface area contributed by atoms with Gasteiger partial charge in [-0.05, 0) is 83.1 Å². The van der Waals surface area contributed by atoms with Crippen molar-refractivity contribution in [3.8, 4) is 0 Å². The molecule has 10 nitrogen and oxygen atoms in total. The molecule has 0 bridgehead atoms. The molecule has 222 valence electrons. The minimum absolute atomic E-state index is 0.00125. The van der Waals surface area contributed by atoms with E-state index in [-0.39, 0.29) is 56.7 Å². The zero-order chi connectivity index (χ0) is 28.4. The van der Waals surface area contributed by atoms with Crippen molar-refractivity contribution < 1.29 is 28.4 Å². The number of rotatable bonds is 18. The van der Waals surface area contributed by atoms with Crippen molar-refractivity contribution in [1.82, 2.24) is 15.1 Å². The molecule has 1 unspecified atom stereocenters. The highest BCUT2D eigenvalue weighted by molar-refractivity contribution is 5.06. The van der Waals surface area contributed by atoms with Crippen molar-refractivity contribution in [1.29, 1.82) is 0 Å². The van der Waals surface area contributed by atoms with Crippen LogP contribution in [-0.2, 0) is 28.4 Å². The minimum atomic E-state index is -1.04. The van der Waals surface area contributed by atoms with Crippen LogP contribution in [0.15, 0.2) is 0 Å². The molecule has 1 aliphatic rings. The lowest BCUT2D eigenvalue weighted by atomic mass is 9.74. The van der Waals surface area contributed by atoms with E-state index in [1.54, 1.807) is 0 Å². The van der Waals surface area contributed by atoms with Crippen molar-refractivity contribution in [2.24, 2.45) is 11.1 Å². The first-order valence-electron chi connectivity index (χ1n) is 13.9. The lowest BCUT2D eigenvalue weighted by Gasteiger charge is -2.62. The Hall–Kier alpha value is -0.400. The summed E-state index contributed by atoms with van der Waals surface area (Å²) in [4.78, 5) is 0. The molecule has 2 N–H and O–H groups in total. The normalized spacial score (nSPS) is 22.1. The third-order valence-electron chi connectivity index (χ3n) is 6.10. The van der Waals surface area contributed by atoms with Gasteiger partial charge in [-0.3, -0.25) is 0 Å². The molecule has 1 aliphatic heterocycles. The molecule has 1 saturated heterocycles. The van der Waals surface area contributed by atoms with E-state index in [2.05, 4.69) is 5.01 Å². The van der Waals surface area contributed by atoms with Crippen LogP contribution in [0, 0.1) is 5.41 Å². The largest absolute Gasteiger partial charge is 0.378 e. The zero-order valence-electron chi connectivity index (χ0n) is 25.8. The molecule has 1 heterocycles. The van der Waals surface area contributed by atoms with Gasteiger partial charge in [-0.1, -0.05) is 0 Å². The quantitative estimate of drug-likeness (QED) is 0.280. The van der Waals surface area contributed by atoms with Crippen molar-refractivity contribution in [3.05, 3.63) is 0 Å². The molecule has 1 fully saturated rings. The fourth-order valence-electron chi connectivity index (χ4n) is 3.87. The predicted molar refractivity (Wildman–Crippen MR) is 146 cm³/mol. The number of hydrogen-bond donors (Lipinski definition) is 1. The van der Waals surface area contributed by atoms with Crippen molar-refractivity contribution >= 4 is 0 Å². The first-order valence-corrected chi connectivity index (χ1v) is 13.9. The van der Waals surface area contributed by atoms with E-state index >= 15 is 0 Å². The summed E-state index contributed by atoms with van der Waals surface area (Å²) in [6.45, 7) is 26.7. The molecule has 10 heteroatoms. The van der Waals surface area contributed by atoms with Gasteiger partial charge >= 0.3 is 0 Å². The maximum absolute atomic E-state index is 7.50. The molecule has 0 saturated carbocycles. The van der Waals surface area contributed by atoms with Gasteiger partial charge in [-0.25, -0.2) is 0 Å². The van der Waals surface area contributed by atoms with Crippen molar-refractivity contribution in [2.75, 3.05) is 46.6 Å². The van der Waals surface area contributed by atoms with Crippen LogP contribution in [-0.4, -0.2) is 104 Å². The third-order valence-corrected chi connectivity index (χ3v) is 6.10. The van der Waals surface area contributed by atoms with Gasteiger partial charge < -0.3 is 34.2 Å². The van der Waals surface area contributed by atoms with E-state index < -0.39 is 11.1 Å². The highest BCUT2D eigenvalue weighted by Gasteiger charge is 2.60. The van der Waals surface area contributed by atoms with Crippen LogP contribution in [0.3, 0.4) is 0 Å². The number of nitrogens with two attached hydrogens (primary N) is 1. The van der Waals surface area contributed by atoms with Crippen LogP contribution in [0.5, 0.6) is 0 Å². The maximum Gasteiger partial charge on any atom is 0.128 e. The Morgan fingerprint density at radius 3 is 1.35 bits per heavy atom. The van der Waals surface area contributed by atoms with E-state index in [1.165, 1.54) is 0 Å². The molecule has 0 aromatic carbocycles. The summed E-state index contributed by atoms with van der Waals surface area (Å²) in [5.41, 5.74) is 5.79. The Morgan fingerprint density at radius 1 is 0.541 bits per heavy atom. The molecular weight excluding hydrogens is 476 g/mol. The van der Waals surface area contributed by atoms with Gasteiger partial charge in [0.2, 0.25) is 0 Å². The number of ether oxygens (including phenoxy) is 6. The molecule has 0 aromatic heterocycles. The Balaban J connectivity index is 3.71. The first-order chi connectivity index (χ1) is 17.1. The second-order valence-electron chi connectivity index (χ2n) is 11.8. The fraction of sp³-hybridized carbons (Fsp3) is 1.00. The molecule has 0 radical (unpaired) electrons. The SMILES string of the molecule is CC(C)OCN1CC(COC(C)C)(COC(C)C)C(N)(COC(C)C)N(COC(C)C)N1COC(C)C. The van der Waals surface area contributed by atoms with E-state index in [0.717, 1.165) is 0 Å². The van der Waals surface area contributed by atoms with E-state index in [4.69, 9.17) is 34.2 Å². The highest BCUT2D eigenvalue weighted by Crippen LogP contribution is 2.42. The Labute approximate surface area is 226 Å². The predicted octanol–water partition coefficient (Wildman–Crippen LogP) is 3.80. The molecule has 1 rings (SSSR count). The number of nitrogens with zero attached hydrogens (tertiary/aromatic N) is 3. The average molecular weight is 535 g/mol. The van der Waals surface area contributed by atoms with Crippen LogP contribution in [0.25, 0.3) is 0 Å². The van der Waals surface area contributed by atoms with Gasteiger partial charge in [-0.15, -0.1) is 5.12 Å². The summed E-state index contributed by atoms with van der Waals surface area (Å²) in [5, 5.41) is 6.16. The van der Waals surface area contributed by atoms with Gasteiger partial charge in [0.1, 0.15) is 25.9 Å². The summed E-state index contributed by atoms with van der Waals surface area (Å²) in [7, 11) is 0. The van der Waals surface area contributed by atoms with Gasteiger partial charge in [0.25, 0.3) is 0 Å². The zero-order valence-corrected chi connectivity index (χ0v) is 25.8. The van der Waals surface area contributed by atoms with Gasteiger partial charge in [0, 0.05) is 6.54 Å². The standard InChI is InChI=1S/C27H58N4O6/c1-20(2)32-14-26(15-33-21(3)4)13-29(17-35-23(7)8)31(19-37-25(11)12)30(18-36-24(9)10)27(26,28)16-34-22(5)6/h20-25H,13-19,28H2,1-12H3. The van der Waals surface area contributed by atoms with Gasteiger partial charge in [0.05, 0.1) is 61.9 Å². The average Bonchev–Trinajstić information content (AvgIpc) is 2.77. The molecule has 0 aromatic rings. The molecule has 0 amide bonds. The lowest BCUT2D eigenvalue weighted by molar-refractivity contribution is -0.383. The third kappa shape index (κ3) is 10.9. The van der Waals surface area contributed by atoms with Crippen LogP contribution in [0.1, 0.15) is 83.1 Å². The molecule has 0 aliphatic carbocycles. The summed E-state index contributed by atoms with van der Waals surface area (Å²) >= 11 is 0. The Kier molecular flexibility index (Phi) is 15.0. The lowest BCUT2D eigenvalue weighted by Crippen LogP contribution is -2.83. The molecule has 37 heavy (non-hydrogen) atoms. The van der Waals surface area contributed by atoms with E-state index in [9.17, 15) is 0 Å². The summed E-state index contributed by atoms with van der Waals surface area (Å²) in [5.74, 6) is 0. The fourth-order valence-corrected chi connectivity index (χ4v) is 3.87. The van der Waals surface area contributed by atoms with E-state index in [0.29, 0.717) is 26.5 Å². The Morgan fingerprint density at radius 2 is 0.919 bits per heavy atom. The van der Waals surface area contributed by atoms with Gasteiger partial charge in [-0.2, -0.15) is 10.0 Å². The van der Waals surface area contributed by atoms with Crippen LogP contribution >= 0.6 is 0 Å². The Bertz CT molecular complexity index is 608. The monoisotopic (exact) mass is 534 g/mol. The highest BCUT2D eigenvalue weighted by atomic mass is 16.5. The van der Waals surface area contributed by atoms with E-state index in [1.807, 2.05) is 93.2 Å².